The molecule has 0 aromatic carbocycles. The predicted molar refractivity (Wildman–Crippen MR) is 90.2 cm³/mol. The van der Waals surface area contributed by atoms with Crippen LogP contribution in [0, 0.1) is 6.92 Å². The van der Waals surface area contributed by atoms with Gasteiger partial charge in [0.2, 0.25) is 10.0 Å². The van der Waals surface area contributed by atoms with Crippen molar-refractivity contribution in [3.05, 3.63) is 30.5 Å². The molecule has 1 aliphatic heterocycles. The Morgan fingerprint density at radius 2 is 1.96 bits per heavy atom. The first kappa shape index (κ1) is 16.8. The van der Waals surface area contributed by atoms with E-state index in [0.29, 0.717) is 13.1 Å². The minimum absolute atomic E-state index is 0.253. The van der Waals surface area contributed by atoms with Gasteiger partial charge >= 0.3 is 0 Å². The molecule has 0 saturated carbocycles. The molecule has 0 aliphatic carbocycles. The molecule has 130 valence electrons. The minimum Gasteiger partial charge on any atom is -0.356 e. The Bertz CT molecular complexity index is 811. The molecule has 1 fully saturated rings. The van der Waals surface area contributed by atoms with Crippen LogP contribution in [0.15, 0.2) is 29.7 Å². The van der Waals surface area contributed by atoms with Gasteiger partial charge in [-0.05, 0) is 19.8 Å². The van der Waals surface area contributed by atoms with E-state index in [1.807, 2.05) is 20.0 Å². The van der Waals surface area contributed by atoms with E-state index in [1.165, 1.54) is 17.1 Å². The second-order valence-corrected chi connectivity index (χ2v) is 8.05. The van der Waals surface area contributed by atoms with Crippen molar-refractivity contribution < 1.29 is 8.42 Å². The lowest BCUT2D eigenvalue weighted by atomic mass is 10.1. The third-order valence-corrected chi connectivity index (χ3v) is 6.29. The molecule has 8 nitrogen and oxygen atoms in total. The molecule has 1 saturated heterocycles. The Hall–Kier alpha value is -2.00. The quantitative estimate of drug-likeness (QED) is 0.811. The van der Waals surface area contributed by atoms with Crippen LogP contribution in [-0.4, -0.2) is 58.7 Å². The van der Waals surface area contributed by atoms with Crippen LogP contribution in [0.25, 0.3) is 0 Å². The molecular weight excluding hydrogens is 328 g/mol. The van der Waals surface area contributed by atoms with Crippen molar-refractivity contribution in [2.75, 3.05) is 25.0 Å². The molecule has 0 amide bonds. The molecule has 3 rings (SSSR count). The van der Waals surface area contributed by atoms with Crippen molar-refractivity contribution in [3.8, 4) is 0 Å². The number of rotatable bonds is 4. The highest BCUT2D eigenvalue weighted by atomic mass is 32.2. The number of sulfonamides is 1. The molecule has 3 heterocycles. The lowest BCUT2D eigenvalue weighted by molar-refractivity contribution is 0.314. The highest BCUT2D eigenvalue weighted by molar-refractivity contribution is 7.89. The number of aromatic nitrogens is 4. The number of piperidine rings is 1. The highest BCUT2D eigenvalue weighted by Crippen LogP contribution is 2.24. The zero-order valence-electron chi connectivity index (χ0n) is 14.1. The summed E-state index contributed by atoms with van der Waals surface area (Å²) in [7, 11) is 0.254. The van der Waals surface area contributed by atoms with Gasteiger partial charge in [0.15, 0.2) is 0 Å². The fraction of sp³-hybridized carbons (Fsp3) is 0.533. The van der Waals surface area contributed by atoms with Crippen LogP contribution in [-0.2, 0) is 17.1 Å². The smallest absolute Gasteiger partial charge is 0.246 e. The third kappa shape index (κ3) is 3.27. The first-order chi connectivity index (χ1) is 11.4. The molecule has 2 aromatic heterocycles. The third-order valence-electron chi connectivity index (χ3n) is 4.44. The van der Waals surface area contributed by atoms with E-state index in [-0.39, 0.29) is 10.9 Å². The Morgan fingerprint density at radius 3 is 2.54 bits per heavy atom. The summed E-state index contributed by atoms with van der Waals surface area (Å²) < 4.78 is 28.3. The van der Waals surface area contributed by atoms with Crippen molar-refractivity contribution in [1.29, 1.82) is 0 Å². The van der Waals surface area contributed by atoms with Gasteiger partial charge in [0.25, 0.3) is 0 Å². The number of anilines is 1. The summed E-state index contributed by atoms with van der Waals surface area (Å²) in [6.07, 6.45) is 6.02. The van der Waals surface area contributed by atoms with Gasteiger partial charge in [-0.15, -0.1) is 0 Å². The van der Waals surface area contributed by atoms with E-state index in [0.717, 1.165) is 24.4 Å². The van der Waals surface area contributed by atoms with Crippen LogP contribution in [0.5, 0.6) is 0 Å². The van der Waals surface area contributed by atoms with E-state index >= 15 is 0 Å². The second-order valence-electron chi connectivity index (χ2n) is 6.11. The molecule has 0 bridgehead atoms. The molecule has 0 radical (unpaired) electrons. The Balaban J connectivity index is 1.67. The zero-order chi connectivity index (χ0) is 17.3. The minimum atomic E-state index is -3.46. The maximum atomic E-state index is 12.6. The Kier molecular flexibility index (Phi) is 4.55. The van der Waals surface area contributed by atoms with Crippen molar-refractivity contribution in [1.82, 2.24) is 24.1 Å². The van der Waals surface area contributed by atoms with E-state index < -0.39 is 10.0 Å². The van der Waals surface area contributed by atoms with Gasteiger partial charge in [-0.2, -0.15) is 9.40 Å². The summed E-state index contributed by atoms with van der Waals surface area (Å²) in [5.74, 6) is 0.871. The lowest BCUT2D eigenvalue weighted by Crippen LogP contribution is -2.45. The van der Waals surface area contributed by atoms with Gasteiger partial charge in [0, 0.05) is 51.2 Å². The summed E-state index contributed by atoms with van der Waals surface area (Å²) in [4.78, 5) is 10.8. The van der Waals surface area contributed by atoms with Crippen LogP contribution in [0.2, 0.25) is 0 Å². The standard InChI is InChI=1S/C15H22N6O2S/c1-12-8-15(17-11-16-12)20(3)13-4-6-21(7-5-13)24(22,23)14-9-18-19(2)10-14/h8-11,13H,4-7H2,1-3H3. The Labute approximate surface area is 142 Å². The summed E-state index contributed by atoms with van der Waals surface area (Å²) >= 11 is 0. The van der Waals surface area contributed by atoms with E-state index in [9.17, 15) is 8.42 Å². The van der Waals surface area contributed by atoms with Gasteiger partial charge in [-0.1, -0.05) is 0 Å². The molecule has 0 unspecified atom stereocenters. The predicted octanol–water partition coefficient (Wildman–Crippen LogP) is 0.808. The van der Waals surface area contributed by atoms with Crippen LogP contribution < -0.4 is 4.90 Å². The molecular formula is C15H22N6O2S. The van der Waals surface area contributed by atoms with E-state index in [1.54, 1.807) is 17.7 Å². The first-order valence-electron chi connectivity index (χ1n) is 7.88. The molecule has 2 aromatic rings. The summed E-state index contributed by atoms with van der Waals surface area (Å²) in [5.41, 5.74) is 0.920. The number of hydrogen-bond acceptors (Lipinski definition) is 6. The van der Waals surface area contributed by atoms with Crippen molar-refractivity contribution in [2.45, 2.75) is 30.7 Å². The van der Waals surface area contributed by atoms with Gasteiger partial charge in [0.05, 0.1) is 6.20 Å². The van der Waals surface area contributed by atoms with E-state index in [2.05, 4.69) is 20.0 Å². The topological polar surface area (TPSA) is 84.2 Å². The normalized spacial score (nSPS) is 17.1. The fourth-order valence-corrected chi connectivity index (χ4v) is 4.43. The van der Waals surface area contributed by atoms with Crippen molar-refractivity contribution >= 4 is 15.8 Å². The molecule has 24 heavy (non-hydrogen) atoms. The van der Waals surface area contributed by atoms with Crippen LogP contribution >= 0.6 is 0 Å². The lowest BCUT2D eigenvalue weighted by Gasteiger charge is -2.36. The summed E-state index contributed by atoms with van der Waals surface area (Å²) in [6.45, 7) is 2.93. The SMILES string of the molecule is Cc1cc(N(C)C2CCN(S(=O)(=O)c3cnn(C)c3)CC2)ncn1. The first-order valence-corrected chi connectivity index (χ1v) is 9.32. The van der Waals surface area contributed by atoms with Gasteiger partial charge < -0.3 is 4.90 Å². The largest absolute Gasteiger partial charge is 0.356 e. The van der Waals surface area contributed by atoms with Gasteiger partial charge in [0.1, 0.15) is 17.0 Å². The Morgan fingerprint density at radius 1 is 1.25 bits per heavy atom. The average molecular weight is 350 g/mol. The van der Waals surface area contributed by atoms with E-state index in [4.69, 9.17) is 0 Å². The number of hydrogen-bond donors (Lipinski definition) is 0. The van der Waals surface area contributed by atoms with Gasteiger partial charge in [-0.25, -0.2) is 18.4 Å². The van der Waals surface area contributed by atoms with Crippen molar-refractivity contribution in [3.63, 3.8) is 0 Å². The van der Waals surface area contributed by atoms with Crippen LogP contribution in [0.4, 0.5) is 5.82 Å². The average Bonchev–Trinajstić information content (AvgIpc) is 3.01. The number of nitrogens with zero attached hydrogens (tertiary/aromatic N) is 6. The number of aryl methyl sites for hydroxylation is 2. The molecule has 0 spiro atoms. The molecule has 0 atom stereocenters. The monoisotopic (exact) mass is 350 g/mol. The maximum Gasteiger partial charge on any atom is 0.246 e. The van der Waals surface area contributed by atoms with Gasteiger partial charge in [-0.3, -0.25) is 4.68 Å². The molecule has 1 aliphatic rings. The maximum absolute atomic E-state index is 12.6. The highest BCUT2D eigenvalue weighted by Gasteiger charge is 2.31. The fourth-order valence-electron chi connectivity index (χ4n) is 2.97. The van der Waals surface area contributed by atoms with Crippen molar-refractivity contribution in [2.24, 2.45) is 7.05 Å². The second kappa shape index (κ2) is 6.48. The zero-order valence-corrected chi connectivity index (χ0v) is 14.9. The van der Waals surface area contributed by atoms with Crippen LogP contribution in [0.1, 0.15) is 18.5 Å². The molecule has 9 heteroatoms. The van der Waals surface area contributed by atoms with Crippen LogP contribution in [0.3, 0.4) is 0 Å². The summed E-state index contributed by atoms with van der Waals surface area (Å²) in [6, 6.07) is 2.21. The molecule has 0 N–H and O–H groups in total. The summed E-state index contributed by atoms with van der Waals surface area (Å²) in [5, 5.41) is 3.96.